The molecule has 5 N–H and O–H groups in total. The second-order valence-electron chi connectivity index (χ2n) is 6.32. The third kappa shape index (κ3) is 4.34. The molecule has 1 aromatic carbocycles. The molecule has 0 radical (unpaired) electrons. The smallest absolute Gasteiger partial charge is 0.229 e. The Morgan fingerprint density at radius 3 is 2.75 bits per heavy atom. The van der Waals surface area contributed by atoms with Crippen LogP contribution in [0.3, 0.4) is 0 Å². The van der Waals surface area contributed by atoms with Gasteiger partial charge in [0.2, 0.25) is 5.95 Å². The first-order valence-corrected chi connectivity index (χ1v) is 8.33. The molecule has 10 heteroatoms. The Hall–Kier alpha value is -2.86. The molecular formula is C18H20Cl2N8. The summed E-state index contributed by atoms with van der Waals surface area (Å²) in [6.07, 6.45) is 2.65. The zero-order valence-electron chi connectivity index (χ0n) is 14.9. The van der Waals surface area contributed by atoms with Crippen molar-refractivity contribution in [1.29, 1.82) is 5.26 Å². The Kier molecular flexibility index (Phi) is 6.80. The first-order valence-electron chi connectivity index (χ1n) is 8.33. The molecule has 3 heterocycles. The van der Waals surface area contributed by atoms with E-state index in [1.54, 1.807) is 24.4 Å². The average molecular weight is 419 g/mol. The molecule has 0 unspecified atom stereocenters. The first kappa shape index (κ1) is 21.4. The number of anilines is 4. The van der Waals surface area contributed by atoms with E-state index in [9.17, 15) is 0 Å². The van der Waals surface area contributed by atoms with Gasteiger partial charge in [0.15, 0.2) is 5.82 Å². The van der Waals surface area contributed by atoms with E-state index in [4.69, 9.17) is 16.7 Å². The number of benzene rings is 1. The van der Waals surface area contributed by atoms with Crippen LogP contribution >= 0.6 is 24.8 Å². The fourth-order valence-electron chi connectivity index (χ4n) is 3.13. The Morgan fingerprint density at radius 2 is 2.04 bits per heavy atom. The Labute approximate surface area is 174 Å². The third-order valence-corrected chi connectivity index (χ3v) is 4.30. The second-order valence-corrected chi connectivity index (χ2v) is 6.32. The summed E-state index contributed by atoms with van der Waals surface area (Å²) in [6.45, 7) is 1.57. The van der Waals surface area contributed by atoms with Gasteiger partial charge in [-0.15, -0.1) is 24.8 Å². The number of aromatic nitrogens is 3. The molecule has 2 aromatic heterocycles. The van der Waals surface area contributed by atoms with E-state index >= 15 is 0 Å². The Morgan fingerprint density at radius 1 is 1.21 bits per heavy atom. The van der Waals surface area contributed by atoms with Crippen LogP contribution in [0.5, 0.6) is 0 Å². The highest BCUT2D eigenvalue weighted by Gasteiger charge is 2.23. The van der Waals surface area contributed by atoms with Crippen LogP contribution in [0.2, 0.25) is 0 Å². The maximum Gasteiger partial charge on any atom is 0.229 e. The van der Waals surface area contributed by atoms with Gasteiger partial charge >= 0.3 is 0 Å². The van der Waals surface area contributed by atoms with E-state index in [1.807, 2.05) is 12.1 Å². The number of halogens is 2. The standard InChI is InChI=1S/C18H18N8.2ClH/c19-9-11-6-13(21)8-14(7-11)23-18-24-15-2-1-4-22-16(15)17(25-18)26-5-3-12(20)10-26;;/h1-2,4,6-8,12H,3,5,10,20-21H2,(H,23,24,25);2*1H/t12-;;/m0../s1. The van der Waals surface area contributed by atoms with Gasteiger partial charge in [-0.25, -0.2) is 4.98 Å². The van der Waals surface area contributed by atoms with Gasteiger partial charge in [0.25, 0.3) is 0 Å². The Balaban J connectivity index is 0.00000140. The highest BCUT2D eigenvalue weighted by Crippen LogP contribution is 2.27. The van der Waals surface area contributed by atoms with Crippen LogP contribution in [0.4, 0.5) is 23.1 Å². The SMILES string of the molecule is Cl.Cl.N#Cc1cc(N)cc(Nc2nc(N3CC[C@H](N)C3)c3ncccc3n2)c1. The zero-order valence-corrected chi connectivity index (χ0v) is 16.5. The zero-order chi connectivity index (χ0) is 18.1. The molecule has 146 valence electrons. The Bertz CT molecular complexity index is 1020. The molecule has 0 bridgehead atoms. The van der Waals surface area contributed by atoms with Crippen LogP contribution in [-0.4, -0.2) is 34.1 Å². The molecule has 4 rings (SSSR count). The van der Waals surface area contributed by atoms with Gasteiger partial charge in [-0.1, -0.05) is 0 Å². The maximum atomic E-state index is 9.12. The number of nitrogen functional groups attached to an aromatic ring is 1. The van der Waals surface area contributed by atoms with Gasteiger partial charge in [-0.2, -0.15) is 10.2 Å². The van der Waals surface area contributed by atoms with Crippen molar-refractivity contribution in [2.24, 2.45) is 5.73 Å². The summed E-state index contributed by atoms with van der Waals surface area (Å²) in [5, 5.41) is 12.3. The van der Waals surface area contributed by atoms with Gasteiger partial charge in [-0.05, 0) is 36.8 Å². The predicted octanol–water partition coefficient (Wildman–Crippen LogP) is 2.60. The van der Waals surface area contributed by atoms with Crippen LogP contribution in [0, 0.1) is 11.3 Å². The summed E-state index contributed by atoms with van der Waals surface area (Å²) < 4.78 is 0. The van der Waals surface area contributed by atoms with Gasteiger partial charge in [0.1, 0.15) is 5.52 Å². The molecule has 1 aliphatic heterocycles. The molecule has 1 atom stereocenters. The fraction of sp³-hybridized carbons (Fsp3) is 0.222. The number of nitrogens with zero attached hydrogens (tertiary/aromatic N) is 5. The molecule has 3 aromatic rings. The van der Waals surface area contributed by atoms with Crippen molar-refractivity contribution in [2.45, 2.75) is 12.5 Å². The lowest BCUT2D eigenvalue weighted by atomic mass is 10.2. The van der Waals surface area contributed by atoms with E-state index < -0.39 is 0 Å². The van der Waals surface area contributed by atoms with E-state index in [-0.39, 0.29) is 30.9 Å². The summed E-state index contributed by atoms with van der Waals surface area (Å²) >= 11 is 0. The lowest BCUT2D eigenvalue weighted by molar-refractivity contribution is 0.751. The second kappa shape index (κ2) is 8.89. The molecular weight excluding hydrogens is 399 g/mol. The number of nitriles is 1. The van der Waals surface area contributed by atoms with E-state index in [0.717, 1.165) is 36.4 Å². The minimum absolute atomic E-state index is 0. The predicted molar refractivity (Wildman–Crippen MR) is 115 cm³/mol. The number of nitrogens with one attached hydrogen (secondary N) is 1. The van der Waals surface area contributed by atoms with Crippen molar-refractivity contribution in [2.75, 3.05) is 29.0 Å². The van der Waals surface area contributed by atoms with E-state index in [1.165, 1.54) is 0 Å². The van der Waals surface area contributed by atoms with E-state index in [0.29, 0.717) is 22.9 Å². The average Bonchev–Trinajstić information content (AvgIpc) is 3.06. The van der Waals surface area contributed by atoms with Crippen LogP contribution in [0.1, 0.15) is 12.0 Å². The topological polar surface area (TPSA) is 130 Å². The minimum Gasteiger partial charge on any atom is -0.399 e. The molecule has 8 nitrogen and oxygen atoms in total. The van der Waals surface area contributed by atoms with Crippen molar-refractivity contribution < 1.29 is 0 Å². The lowest BCUT2D eigenvalue weighted by Crippen LogP contribution is -2.27. The number of hydrogen-bond donors (Lipinski definition) is 3. The van der Waals surface area contributed by atoms with Gasteiger partial charge in [-0.3, -0.25) is 4.98 Å². The van der Waals surface area contributed by atoms with Crippen molar-refractivity contribution >= 4 is 59.0 Å². The molecule has 0 saturated carbocycles. The first-order chi connectivity index (χ1) is 12.6. The largest absolute Gasteiger partial charge is 0.399 e. The van der Waals surface area contributed by atoms with Gasteiger partial charge in [0, 0.05) is 36.7 Å². The van der Waals surface area contributed by atoms with Crippen LogP contribution in [0.15, 0.2) is 36.5 Å². The highest BCUT2D eigenvalue weighted by molar-refractivity contribution is 5.87. The summed E-state index contributed by atoms with van der Waals surface area (Å²) in [6, 6.07) is 11.0. The normalized spacial score (nSPS) is 15.4. The highest BCUT2D eigenvalue weighted by atomic mass is 35.5. The summed E-state index contributed by atoms with van der Waals surface area (Å²) in [4.78, 5) is 15.8. The third-order valence-electron chi connectivity index (χ3n) is 4.30. The maximum absolute atomic E-state index is 9.12. The lowest BCUT2D eigenvalue weighted by Gasteiger charge is -2.19. The van der Waals surface area contributed by atoms with Gasteiger partial charge in [0.05, 0.1) is 17.1 Å². The quantitative estimate of drug-likeness (QED) is 0.553. The van der Waals surface area contributed by atoms with Crippen LogP contribution in [-0.2, 0) is 0 Å². The van der Waals surface area contributed by atoms with Gasteiger partial charge < -0.3 is 21.7 Å². The van der Waals surface area contributed by atoms with E-state index in [2.05, 4.69) is 31.2 Å². The number of rotatable bonds is 3. The monoisotopic (exact) mass is 418 g/mol. The number of pyridine rings is 1. The molecule has 0 aliphatic carbocycles. The minimum atomic E-state index is 0. The number of nitrogens with two attached hydrogens (primary N) is 2. The van der Waals surface area contributed by atoms with Crippen molar-refractivity contribution in [1.82, 2.24) is 15.0 Å². The summed E-state index contributed by atoms with van der Waals surface area (Å²) in [7, 11) is 0. The van der Waals surface area contributed by atoms with Crippen molar-refractivity contribution in [3.8, 4) is 6.07 Å². The molecule has 0 spiro atoms. The van der Waals surface area contributed by atoms with Crippen molar-refractivity contribution in [3.05, 3.63) is 42.1 Å². The van der Waals surface area contributed by atoms with Crippen molar-refractivity contribution in [3.63, 3.8) is 0 Å². The summed E-state index contributed by atoms with van der Waals surface area (Å²) in [5.74, 6) is 1.19. The summed E-state index contributed by atoms with van der Waals surface area (Å²) in [5.41, 5.74) is 15.0. The molecule has 1 saturated heterocycles. The van der Waals surface area contributed by atoms with Crippen LogP contribution in [0.25, 0.3) is 11.0 Å². The number of hydrogen-bond acceptors (Lipinski definition) is 8. The molecule has 1 aliphatic rings. The molecule has 1 fully saturated rings. The van der Waals surface area contributed by atoms with Crippen LogP contribution < -0.4 is 21.7 Å². The molecule has 28 heavy (non-hydrogen) atoms. The molecule has 0 amide bonds. The number of fused-ring (bicyclic) bond motifs is 1. The fourth-order valence-corrected chi connectivity index (χ4v) is 3.13.